The second-order valence-corrected chi connectivity index (χ2v) is 6.46. The van der Waals surface area contributed by atoms with Gasteiger partial charge in [-0.1, -0.05) is 19.9 Å². The van der Waals surface area contributed by atoms with Crippen LogP contribution in [0.5, 0.6) is 0 Å². The van der Waals surface area contributed by atoms with Crippen molar-refractivity contribution in [2.75, 3.05) is 0 Å². The molecule has 2 nitrogen and oxygen atoms in total. The van der Waals surface area contributed by atoms with Crippen molar-refractivity contribution in [1.82, 2.24) is 4.98 Å². The van der Waals surface area contributed by atoms with E-state index in [1.807, 2.05) is 0 Å². The van der Waals surface area contributed by atoms with Gasteiger partial charge in [0.05, 0.1) is 0 Å². The summed E-state index contributed by atoms with van der Waals surface area (Å²) in [7, 11) is 0. The second-order valence-electron chi connectivity index (χ2n) is 6.46. The Morgan fingerprint density at radius 3 is 2.67 bits per heavy atom. The van der Waals surface area contributed by atoms with Gasteiger partial charge in [-0.05, 0) is 55.7 Å². The van der Waals surface area contributed by atoms with Crippen LogP contribution in [0.2, 0.25) is 0 Å². The monoisotopic (exact) mass is 243 g/mol. The van der Waals surface area contributed by atoms with E-state index in [2.05, 4.69) is 44.0 Å². The number of fused-ring (bicyclic) bond motifs is 1. The lowest BCUT2D eigenvalue weighted by Gasteiger charge is -2.32. The first-order chi connectivity index (χ1) is 8.53. The molecule has 0 saturated heterocycles. The zero-order valence-corrected chi connectivity index (χ0v) is 11.5. The average Bonchev–Trinajstić information content (AvgIpc) is 2.71. The molecule has 0 bridgehead atoms. The predicted molar refractivity (Wildman–Crippen MR) is 73.7 cm³/mol. The minimum atomic E-state index is 0.499. The van der Waals surface area contributed by atoms with E-state index >= 15 is 0 Å². The van der Waals surface area contributed by atoms with Crippen molar-refractivity contribution < 1.29 is 4.42 Å². The van der Waals surface area contributed by atoms with Gasteiger partial charge < -0.3 is 4.42 Å². The number of oxazole rings is 1. The highest BCUT2D eigenvalue weighted by Gasteiger charge is 2.30. The van der Waals surface area contributed by atoms with Gasteiger partial charge >= 0.3 is 0 Å². The Balaban J connectivity index is 1.87. The van der Waals surface area contributed by atoms with Crippen LogP contribution in [0.4, 0.5) is 0 Å². The summed E-state index contributed by atoms with van der Waals surface area (Å²) in [4.78, 5) is 4.66. The third-order valence-corrected chi connectivity index (χ3v) is 4.25. The van der Waals surface area contributed by atoms with Gasteiger partial charge in [0.15, 0.2) is 11.5 Å². The van der Waals surface area contributed by atoms with E-state index in [0.717, 1.165) is 17.0 Å². The van der Waals surface area contributed by atoms with Crippen LogP contribution in [0.1, 0.15) is 56.9 Å². The number of hydrogen-bond donors (Lipinski definition) is 0. The second kappa shape index (κ2) is 4.11. The Bertz CT molecular complexity index is 557. The smallest absolute Gasteiger partial charge is 0.198 e. The van der Waals surface area contributed by atoms with Crippen LogP contribution < -0.4 is 0 Å². The number of aromatic nitrogens is 1. The average molecular weight is 243 g/mol. The van der Waals surface area contributed by atoms with Crippen LogP contribution in [0.25, 0.3) is 11.1 Å². The van der Waals surface area contributed by atoms with Gasteiger partial charge in [0, 0.05) is 5.92 Å². The van der Waals surface area contributed by atoms with E-state index in [-0.39, 0.29) is 0 Å². The molecule has 0 spiro atoms. The third-order valence-electron chi connectivity index (χ3n) is 4.25. The topological polar surface area (TPSA) is 26.0 Å². The Kier molecular flexibility index (Phi) is 2.69. The summed E-state index contributed by atoms with van der Waals surface area (Å²) in [5, 5.41) is 0. The zero-order chi connectivity index (χ0) is 12.8. The Morgan fingerprint density at radius 1 is 1.22 bits per heavy atom. The molecule has 1 saturated carbocycles. The third kappa shape index (κ3) is 2.16. The number of nitrogens with zero attached hydrogens (tertiary/aromatic N) is 1. The standard InChI is InChI=1S/C16H21NO/c1-11-4-5-13-14(10-11)18-15(17-13)12-6-8-16(2,3)9-7-12/h4-5,10,12H,6-9H2,1-3H3. The maximum absolute atomic E-state index is 5.95. The lowest BCUT2D eigenvalue weighted by Crippen LogP contribution is -2.20. The van der Waals surface area contributed by atoms with E-state index in [1.165, 1.54) is 31.2 Å². The fourth-order valence-corrected chi connectivity index (χ4v) is 2.87. The van der Waals surface area contributed by atoms with E-state index in [9.17, 15) is 0 Å². The largest absolute Gasteiger partial charge is 0.440 e. The summed E-state index contributed by atoms with van der Waals surface area (Å²) < 4.78 is 5.95. The Hall–Kier alpha value is -1.31. The first-order valence-corrected chi connectivity index (χ1v) is 6.91. The molecular formula is C16H21NO. The fraction of sp³-hybridized carbons (Fsp3) is 0.562. The highest BCUT2D eigenvalue weighted by Crippen LogP contribution is 2.42. The summed E-state index contributed by atoms with van der Waals surface area (Å²) in [6, 6.07) is 6.24. The van der Waals surface area contributed by atoms with E-state index in [4.69, 9.17) is 4.42 Å². The van der Waals surface area contributed by atoms with Gasteiger partial charge in [-0.15, -0.1) is 0 Å². The molecule has 96 valence electrons. The predicted octanol–water partition coefficient (Wildman–Crippen LogP) is 4.82. The molecule has 1 aromatic carbocycles. The van der Waals surface area contributed by atoms with Crippen molar-refractivity contribution in [3.05, 3.63) is 29.7 Å². The maximum atomic E-state index is 5.95. The van der Waals surface area contributed by atoms with Gasteiger partial charge in [-0.3, -0.25) is 0 Å². The molecule has 2 heteroatoms. The van der Waals surface area contributed by atoms with Crippen molar-refractivity contribution in [2.45, 2.75) is 52.4 Å². The first kappa shape index (κ1) is 11.8. The molecule has 0 amide bonds. The van der Waals surface area contributed by atoms with Crippen molar-refractivity contribution in [3.8, 4) is 0 Å². The molecule has 0 atom stereocenters. The van der Waals surface area contributed by atoms with Crippen LogP contribution in [0, 0.1) is 12.3 Å². The number of benzene rings is 1. The lowest BCUT2D eigenvalue weighted by molar-refractivity contribution is 0.211. The molecule has 1 aromatic heterocycles. The Labute approximate surface area is 108 Å². The summed E-state index contributed by atoms with van der Waals surface area (Å²) in [6.45, 7) is 6.81. The SMILES string of the molecule is Cc1ccc2nc(C3CCC(C)(C)CC3)oc2c1. The molecule has 0 radical (unpaired) electrons. The fourth-order valence-electron chi connectivity index (χ4n) is 2.87. The molecule has 0 aliphatic heterocycles. The van der Waals surface area contributed by atoms with Gasteiger partial charge in [0.2, 0.25) is 0 Å². The van der Waals surface area contributed by atoms with Gasteiger partial charge in [-0.2, -0.15) is 0 Å². The highest BCUT2D eigenvalue weighted by molar-refractivity contribution is 5.73. The maximum Gasteiger partial charge on any atom is 0.198 e. The molecule has 1 fully saturated rings. The molecule has 0 unspecified atom stereocenters. The lowest BCUT2D eigenvalue weighted by atomic mass is 9.73. The van der Waals surface area contributed by atoms with E-state index in [1.54, 1.807) is 0 Å². The summed E-state index contributed by atoms with van der Waals surface area (Å²) in [5.74, 6) is 1.47. The number of rotatable bonds is 1. The van der Waals surface area contributed by atoms with Crippen LogP contribution in [-0.2, 0) is 0 Å². The summed E-state index contributed by atoms with van der Waals surface area (Å²) in [5.41, 5.74) is 3.67. The minimum Gasteiger partial charge on any atom is -0.440 e. The summed E-state index contributed by atoms with van der Waals surface area (Å²) >= 11 is 0. The normalized spacial score (nSPS) is 20.4. The van der Waals surface area contributed by atoms with E-state index in [0.29, 0.717) is 11.3 Å². The van der Waals surface area contributed by atoms with Crippen LogP contribution in [0.3, 0.4) is 0 Å². The molecule has 0 N–H and O–H groups in total. The molecule has 18 heavy (non-hydrogen) atoms. The summed E-state index contributed by atoms with van der Waals surface area (Å²) in [6.07, 6.45) is 4.96. The first-order valence-electron chi connectivity index (χ1n) is 6.91. The molecular weight excluding hydrogens is 222 g/mol. The Morgan fingerprint density at radius 2 is 1.94 bits per heavy atom. The highest BCUT2D eigenvalue weighted by atomic mass is 16.3. The van der Waals surface area contributed by atoms with Crippen molar-refractivity contribution >= 4 is 11.1 Å². The number of hydrogen-bond acceptors (Lipinski definition) is 2. The van der Waals surface area contributed by atoms with Gasteiger partial charge in [0.1, 0.15) is 5.52 Å². The van der Waals surface area contributed by atoms with Crippen LogP contribution in [-0.4, -0.2) is 4.98 Å². The minimum absolute atomic E-state index is 0.499. The van der Waals surface area contributed by atoms with Crippen molar-refractivity contribution in [1.29, 1.82) is 0 Å². The van der Waals surface area contributed by atoms with Crippen molar-refractivity contribution in [3.63, 3.8) is 0 Å². The van der Waals surface area contributed by atoms with Gasteiger partial charge in [-0.25, -0.2) is 4.98 Å². The van der Waals surface area contributed by atoms with Crippen LogP contribution >= 0.6 is 0 Å². The molecule has 1 heterocycles. The quantitative estimate of drug-likeness (QED) is 0.717. The zero-order valence-electron chi connectivity index (χ0n) is 11.5. The van der Waals surface area contributed by atoms with Crippen molar-refractivity contribution in [2.24, 2.45) is 5.41 Å². The van der Waals surface area contributed by atoms with Gasteiger partial charge in [0.25, 0.3) is 0 Å². The molecule has 3 rings (SSSR count). The molecule has 1 aliphatic carbocycles. The van der Waals surface area contributed by atoms with Crippen LogP contribution in [0.15, 0.2) is 22.6 Å². The van der Waals surface area contributed by atoms with E-state index < -0.39 is 0 Å². The number of aryl methyl sites for hydroxylation is 1. The molecule has 2 aromatic rings. The molecule has 1 aliphatic rings.